The van der Waals surface area contributed by atoms with E-state index in [9.17, 15) is 9.18 Å². The number of urea groups is 1. The van der Waals surface area contributed by atoms with Crippen LogP contribution in [0.2, 0.25) is 0 Å². The molecule has 98 valence electrons. The second-order valence-electron chi connectivity index (χ2n) is 3.80. The normalized spacial score (nSPS) is 10.0. The predicted molar refractivity (Wildman–Crippen MR) is 74.2 cm³/mol. The van der Waals surface area contributed by atoms with Crippen LogP contribution in [-0.4, -0.2) is 11.0 Å². The van der Waals surface area contributed by atoms with Crippen LogP contribution in [0.4, 0.5) is 14.9 Å². The summed E-state index contributed by atoms with van der Waals surface area (Å²) in [5.74, 6) is -0.426. The van der Waals surface area contributed by atoms with Gasteiger partial charge in [0.1, 0.15) is 5.82 Å². The highest BCUT2D eigenvalue weighted by atomic mass is 79.9. The van der Waals surface area contributed by atoms with Gasteiger partial charge in [-0.05, 0) is 45.8 Å². The fourth-order valence-corrected chi connectivity index (χ4v) is 1.68. The minimum atomic E-state index is -0.426. The van der Waals surface area contributed by atoms with E-state index >= 15 is 0 Å². The minimum absolute atomic E-state index is 0.355. The first kappa shape index (κ1) is 13.5. The van der Waals surface area contributed by atoms with Gasteiger partial charge < -0.3 is 10.6 Å². The Labute approximate surface area is 118 Å². The molecule has 19 heavy (non-hydrogen) atoms. The lowest BCUT2D eigenvalue weighted by Crippen LogP contribution is -2.28. The molecule has 0 fully saturated rings. The molecule has 0 aliphatic rings. The maximum absolute atomic E-state index is 13.3. The summed E-state index contributed by atoms with van der Waals surface area (Å²) in [5, 5.41) is 5.21. The Morgan fingerprint density at radius 2 is 2.21 bits per heavy atom. The maximum Gasteiger partial charge on any atom is 0.319 e. The highest BCUT2D eigenvalue weighted by Gasteiger charge is 2.04. The Kier molecular flexibility index (Phi) is 4.46. The fourth-order valence-electron chi connectivity index (χ4n) is 1.43. The number of aromatic nitrogens is 1. The lowest BCUT2D eigenvalue weighted by Gasteiger charge is -2.08. The number of carbonyl (C=O) groups is 1. The van der Waals surface area contributed by atoms with Gasteiger partial charge in [-0.1, -0.05) is 6.07 Å². The first-order valence-corrected chi connectivity index (χ1v) is 6.33. The van der Waals surface area contributed by atoms with Crippen molar-refractivity contribution in [2.75, 3.05) is 5.32 Å². The molecular weight excluding hydrogens is 313 g/mol. The van der Waals surface area contributed by atoms with Gasteiger partial charge in [0.2, 0.25) is 0 Å². The van der Waals surface area contributed by atoms with Crippen molar-refractivity contribution in [3.63, 3.8) is 0 Å². The van der Waals surface area contributed by atoms with E-state index in [0.717, 1.165) is 5.56 Å². The van der Waals surface area contributed by atoms with E-state index in [2.05, 4.69) is 31.5 Å². The van der Waals surface area contributed by atoms with Crippen molar-refractivity contribution in [3.05, 3.63) is 58.6 Å². The highest BCUT2D eigenvalue weighted by molar-refractivity contribution is 9.10. The molecule has 2 rings (SSSR count). The number of nitrogens with zero attached hydrogens (tertiary/aromatic N) is 1. The first-order chi connectivity index (χ1) is 9.15. The Hall–Kier alpha value is -1.95. The molecular formula is C13H11BrFN3O. The van der Waals surface area contributed by atoms with E-state index in [1.165, 1.54) is 12.1 Å². The number of pyridine rings is 1. The van der Waals surface area contributed by atoms with E-state index in [0.29, 0.717) is 16.7 Å². The zero-order valence-electron chi connectivity index (χ0n) is 9.86. The van der Waals surface area contributed by atoms with Gasteiger partial charge in [0, 0.05) is 24.6 Å². The van der Waals surface area contributed by atoms with Gasteiger partial charge in [0.05, 0.1) is 4.47 Å². The molecule has 0 atom stereocenters. The van der Waals surface area contributed by atoms with Crippen molar-refractivity contribution in [2.45, 2.75) is 6.54 Å². The van der Waals surface area contributed by atoms with Gasteiger partial charge in [0.25, 0.3) is 0 Å². The average Bonchev–Trinajstić information content (AvgIpc) is 2.42. The van der Waals surface area contributed by atoms with Crippen LogP contribution in [-0.2, 0) is 6.54 Å². The molecule has 0 bridgehead atoms. The number of halogens is 2. The van der Waals surface area contributed by atoms with Crippen molar-refractivity contribution in [2.24, 2.45) is 0 Å². The van der Waals surface area contributed by atoms with E-state index < -0.39 is 11.8 Å². The summed E-state index contributed by atoms with van der Waals surface area (Å²) in [7, 11) is 0. The third kappa shape index (κ3) is 4.03. The molecule has 2 N–H and O–H groups in total. The number of carbonyl (C=O) groups excluding carboxylic acids is 1. The zero-order chi connectivity index (χ0) is 13.7. The fraction of sp³-hybridized carbons (Fsp3) is 0.0769. The van der Waals surface area contributed by atoms with E-state index in [1.54, 1.807) is 24.5 Å². The summed E-state index contributed by atoms with van der Waals surface area (Å²) >= 11 is 3.05. The molecule has 4 nitrogen and oxygen atoms in total. The lowest BCUT2D eigenvalue weighted by molar-refractivity contribution is 0.251. The van der Waals surface area contributed by atoms with Crippen LogP contribution in [0.5, 0.6) is 0 Å². The number of amides is 2. The quantitative estimate of drug-likeness (QED) is 0.910. The molecule has 1 aromatic heterocycles. The zero-order valence-corrected chi connectivity index (χ0v) is 11.4. The van der Waals surface area contributed by atoms with Gasteiger partial charge in [-0.15, -0.1) is 0 Å². The molecule has 0 aliphatic carbocycles. The minimum Gasteiger partial charge on any atom is -0.334 e. The number of benzene rings is 1. The molecule has 0 spiro atoms. The van der Waals surface area contributed by atoms with E-state index in [-0.39, 0.29) is 0 Å². The molecule has 1 heterocycles. The third-order valence-electron chi connectivity index (χ3n) is 2.35. The topological polar surface area (TPSA) is 54.0 Å². The van der Waals surface area contributed by atoms with E-state index in [4.69, 9.17) is 0 Å². The Morgan fingerprint density at radius 1 is 1.37 bits per heavy atom. The van der Waals surface area contributed by atoms with Crippen LogP contribution >= 0.6 is 15.9 Å². The van der Waals surface area contributed by atoms with Crippen LogP contribution in [0.1, 0.15) is 5.56 Å². The molecule has 0 saturated carbocycles. The van der Waals surface area contributed by atoms with Crippen molar-refractivity contribution in [3.8, 4) is 0 Å². The maximum atomic E-state index is 13.3. The predicted octanol–water partition coefficient (Wildman–Crippen LogP) is 3.30. The SMILES string of the molecule is O=C(NCc1cccnc1)Nc1ccc(Br)c(F)c1. The molecule has 0 radical (unpaired) electrons. The van der Waals surface area contributed by atoms with Gasteiger partial charge in [-0.25, -0.2) is 9.18 Å². The second kappa shape index (κ2) is 6.29. The average molecular weight is 324 g/mol. The van der Waals surface area contributed by atoms with Crippen LogP contribution in [0.15, 0.2) is 47.2 Å². The molecule has 2 aromatic rings. The summed E-state index contributed by atoms with van der Waals surface area (Å²) in [6, 6.07) is 7.63. The number of anilines is 1. The molecule has 1 aromatic carbocycles. The summed E-state index contributed by atoms with van der Waals surface area (Å²) < 4.78 is 13.6. The molecule has 0 saturated heterocycles. The summed E-state index contributed by atoms with van der Waals surface area (Å²) in [4.78, 5) is 15.5. The monoisotopic (exact) mass is 323 g/mol. The second-order valence-corrected chi connectivity index (χ2v) is 4.65. The Bertz CT molecular complexity index is 577. The first-order valence-electron chi connectivity index (χ1n) is 5.54. The number of nitrogens with one attached hydrogen (secondary N) is 2. The highest BCUT2D eigenvalue weighted by Crippen LogP contribution is 2.19. The van der Waals surface area contributed by atoms with Gasteiger partial charge in [0.15, 0.2) is 0 Å². The lowest BCUT2D eigenvalue weighted by atomic mass is 10.3. The summed E-state index contributed by atoms with van der Waals surface area (Å²) in [6.45, 7) is 0.360. The Morgan fingerprint density at radius 3 is 2.89 bits per heavy atom. The number of rotatable bonds is 3. The van der Waals surface area contributed by atoms with E-state index in [1.807, 2.05) is 6.07 Å². The van der Waals surface area contributed by atoms with Crippen molar-refractivity contribution in [1.29, 1.82) is 0 Å². The van der Waals surface area contributed by atoms with Crippen LogP contribution in [0.25, 0.3) is 0 Å². The Balaban J connectivity index is 1.89. The molecule has 2 amide bonds. The van der Waals surface area contributed by atoms with Gasteiger partial charge >= 0.3 is 6.03 Å². The van der Waals surface area contributed by atoms with Crippen molar-refractivity contribution >= 4 is 27.6 Å². The smallest absolute Gasteiger partial charge is 0.319 e. The molecule has 6 heteroatoms. The van der Waals surface area contributed by atoms with Crippen LogP contribution < -0.4 is 10.6 Å². The largest absolute Gasteiger partial charge is 0.334 e. The van der Waals surface area contributed by atoms with Crippen molar-refractivity contribution < 1.29 is 9.18 Å². The number of hydrogen-bond donors (Lipinski definition) is 2. The standard InChI is InChI=1S/C13H11BrFN3O/c14-11-4-3-10(6-12(11)15)18-13(19)17-8-9-2-1-5-16-7-9/h1-7H,8H2,(H2,17,18,19). The third-order valence-corrected chi connectivity index (χ3v) is 3.00. The van der Waals surface area contributed by atoms with Crippen LogP contribution in [0.3, 0.4) is 0 Å². The summed E-state index contributed by atoms with van der Waals surface area (Å²) in [6.07, 6.45) is 3.33. The van der Waals surface area contributed by atoms with Crippen LogP contribution in [0, 0.1) is 5.82 Å². The number of hydrogen-bond acceptors (Lipinski definition) is 2. The van der Waals surface area contributed by atoms with Gasteiger partial charge in [-0.2, -0.15) is 0 Å². The molecule has 0 aliphatic heterocycles. The molecule has 0 unspecified atom stereocenters. The van der Waals surface area contributed by atoms with Gasteiger partial charge in [-0.3, -0.25) is 4.98 Å². The van der Waals surface area contributed by atoms with Crippen molar-refractivity contribution in [1.82, 2.24) is 10.3 Å². The summed E-state index contributed by atoms with van der Waals surface area (Å²) in [5.41, 5.74) is 1.28.